The number of nitrogens with zero attached hydrogens (tertiary/aromatic N) is 3. The summed E-state index contributed by atoms with van der Waals surface area (Å²) < 4.78 is 12.2. The topological polar surface area (TPSA) is 114 Å². The Balaban J connectivity index is 0.932. The molecule has 9 unspecified atom stereocenters. The maximum Gasteiger partial charge on any atom is 0.223 e. The number of hydrogen-bond acceptors (Lipinski definition) is 10. The number of piperazine rings is 1. The lowest BCUT2D eigenvalue weighted by Gasteiger charge is -2.47. The minimum Gasteiger partial charge on any atom is -0.390 e. The van der Waals surface area contributed by atoms with Gasteiger partial charge in [-0.2, -0.15) is 0 Å². The number of nitrogens with one attached hydrogen (secondary N) is 4. The van der Waals surface area contributed by atoms with Gasteiger partial charge in [-0.1, -0.05) is 13.3 Å². The molecule has 6 fully saturated rings. The molecule has 252 valence electrons. The van der Waals surface area contributed by atoms with Crippen molar-refractivity contribution in [1.29, 1.82) is 0 Å². The van der Waals surface area contributed by atoms with Crippen molar-refractivity contribution in [2.45, 2.75) is 108 Å². The zero-order chi connectivity index (χ0) is 30.6. The first kappa shape index (κ1) is 33.0. The fraction of sp³-hybridized carbons (Fsp3) is 0.970. The summed E-state index contributed by atoms with van der Waals surface area (Å²) in [5.74, 6) is 1.94. The number of likely N-dealkylation sites (N-methyl/N-ethyl adjacent to an activating group) is 1. The van der Waals surface area contributed by atoms with Crippen LogP contribution in [0.25, 0.3) is 0 Å². The van der Waals surface area contributed by atoms with Gasteiger partial charge in [0.25, 0.3) is 0 Å². The first-order valence-electron chi connectivity index (χ1n) is 17.9. The van der Waals surface area contributed by atoms with Gasteiger partial charge in [-0.25, -0.2) is 0 Å². The van der Waals surface area contributed by atoms with Crippen molar-refractivity contribution < 1.29 is 19.4 Å². The van der Waals surface area contributed by atoms with Gasteiger partial charge in [-0.15, -0.1) is 0 Å². The van der Waals surface area contributed by atoms with Gasteiger partial charge in [0, 0.05) is 63.8 Å². The first-order valence-corrected chi connectivity index (χ1v) is 17.9. The Hall–Kier alpha value is -0.890. The van der Waals surface area contributed by atoms with E-state index in [2.05, 4.69) is 56.9 Å². The van der Waals surface area contributed by atoms with Crippen LogP contribution >= 0.6 is 0 Å². The second-order valence-electron chi connectivity index (χ2n) is 15.1. The Bertz CT molecular complexity index is 919. The summed E-state index contributed by atoms with van der Waals surface area (Å²) in [6.07, 6.45) is 9.16. The van der Waals surface area contributed by atoms with Gasteiger partial charge in [0.1, 0.15) is 0 Å². The molecule has 6 rings (SSSR count). The number of aliphatic hydroxyl groups is 1. The SMILES string of the molecule is CC1NCOC1COC1CCC2CN(C[C@@H](O)CNC(=O)C3CC(NC4CCC4)NC(N4CCN(C)CC4)C3)CCC2C1C. The smallest absolute Gasteiger partial charge is 0.223 e. The van der Waals surface area contributed by atoms with Crippen molar-refractivity contribution in [2.75, 3.05) is 72.7 Å². The zero-order valence-electron chi connectivity index (χ0n) is 27.6. The van der Waals surface area contributed by atoms with Gasteiger partial charge in [-0.3, -0.25) is 25.6 Å². The monoisotopic (exact) mass is 619 g/mol. The molecule has 0 aromatic heterocycles. The van der Waals surface area contributed by atoms with E-state index in [1.807, 2.05) is 0 Å². The predicted octanol–water partition coefficient (Wildman–Crippen LogP) is 0.592. The molecule has 4 heterocycles. The fourth-order valence-corrected chi connectivity index (χ4v) is 8.74. The average molecular weight is 620 g/mol. The van der Waals surface area contributed by atoms with Crippen LogP contribution in [0.1, 0.15) is 65.2 Å². The summed E-state index contributed by atoms with van der Waals surface area (Å²) in [5, 5.41) is 25.1. The highest BCUT2D eigenvalue weighted by molar-refractivity contribution is 5.78. The van der Waals surface area contributed by atoms with E-state index in [9.17, 15) is 9.90 Å². The van der Waals surface area contributed by atoms with Crippen LogP contribution in [-0.4, -0.2) is 141 Å². The van der Waals surface area contributed by atoms with Crippen LogP contribution in [0.4, 0.5) is 0 Å². The molecule has 10 atom stereocenters. The van der Waals surface area contributed by atoms with Crippen molar-refractivity contribution >= 4 is 5.91 Å². The number of ether oxygens (including phenoxy) is 2. The summed E-state index contributed by atoms with van der Waals surface area (Å²) in [7, 11) is 2.18. The Kier molecular flexibility index (Phi) is 11.5. The molecule has 44 heavy (non-hydrogen) atoms. The molecule has 5 N–H and O–H groups in total. The number of amides is 1. The number of hydrogen-bond donors (Lipinski definition) is 5. The van der Waals surface area contributed by atoms with Gasteiger partial charge >= 0.3 is 0 Å². The Morgan fingerprint density at radius 3 is 2.61 bits per heavy atom. The molecule has 0 aromatic carbocycles. The Morgan fingerprint density at radius 1 is 1.07 bits per heavy atom. The number of fused-ring (bicyclic) bond motifs is 1. The molecule has 2 saturated carbocycles. The first-order chi connectivity index (χ1) is 21.3. The second-order valence-corrected chi connectivity index (χ2v) is 15.1. The molecule has 0 bridgehead atoms. The lowest BCUT2D eigenvalue weighted by Crippen LogP contribution is -2.64. The molecule has 11 heteroatoms. The van der Waals surface area contributed by atoms with Gasteiger partial charge in [-0.05, 0) is 83.2 Å². The van der Waals surface area contributed by atoms with Crippen LogP contribution < -0.4 is 21.3 Å². The van der Waals surface area contributed by atoms with Crippen LogP contribution in [0.15, 0.2) is 0 Å². The fourth-order valence-electron chi connectivity index (χ4n) is 8.74. The highest BCUT2D eigenvalue weighted by Crippen LogP contribution is 2.41. The highest BCUT2D eigenvalue weighted by atomic mass is 16.5. The number of β-amino-alcohol motifs (C(OH)–C–C–N with tert-alkyl or cyclic N) is 1. The summed E-state index contributed by atoms with van der Waals surface area (Å²) in [6, 6.07) is 0.928. The zero-order valence-corrected chi connectivity index (χ0v) is 27.6. The van der Waals surface area contributed by atoms with Crippen molar-refractivity contribution in [1.82, 2.24) is 36.0 Å². The molecule has 4 aliphatic heterocycles. The Morgan fingerprint density at radius 2 is 1.89 bits per heavy atom. The number of aliphatic hydroxyl groups excluding tert-OH is 1. The van der Waals surface area contributed by atoms with Gasteiger partial charge in [0.2, 0.25) is 5.91 Å². The van der Waals surface area contributed by atoms with E-state index in [0.29, 0.717) is 62.4 Å². The van der Waals surface area contributed by atoms with Crippen LogP contribution in [0.3, 0.4) is 0 Å². The van der Waals surface area contributed by atoms with Crippen LogP contribution in [-0.2, 0) is 14.3 Å². The number of rotatable bonds is 11. The van der Waals surface area contributed by atoms with Crippen LogP contribution in [0.5, 0.6) is 0 Å². The summed E-state index contributed by atoms with van der Waals surface area (Å²) in [6.45, 7) is 13.1. The number of carbonyl (C=O) groups excluding carboxylic acids is 1. The molecule has 0 spiro atoms. The minimum atomic E-state index is -0.548. The van der Waals surface area contributed by atoms with E-state index in [1.54, 1.807) is 0 Å². The molecule has 0 aromatic rings. The van der Waals surface area contributed by atoms with Crippen molar-refractivity contribution in [2.24, 2.45) is 23.7 Å². The average Bonchev–Trinajstić information content (AvgIpc) is 3.42. The number of likely N-dealkylation sites (tertiary alicyclic amines) is 1. The third-order valence-corrected chi connectivity index (χ3v) is 12.0. The van der Waals surface area contributed by atoms with Crippen LogP contribution in [0, 0.1) is 23.7 Å². The molecule has 11 nitrogen and oxygen atoms in total. The molecule has 2 aliphatic carbocycles. The normalized spacial score (nSPS) is 40.3. The van der Waals surface area contributed by atoms with Gasteiger partial charge in [0.15, 0.2) is 0 Å². The molecule has 6 aliphatic rings. The lowest BCUT2D eigenvalue weighted by atomic mass is 9.68. The maximum absolute atomic E-state index is 13.5. The maximum atomic E-state index is 13.5. The Labute approximate surface area is 265 Å². The molecule has 4 saturated heterocycles. The van der Waals surface area contributed by atoms with Crippen molar-refractivity contribution in [3.8, 4) is 0 Å². The summed E-state index contributed by atoms with van der Waals surface area (Å²) in [4.78, 5) is 20.8. The van der Waals surface area contributed by atoms with Gasteiger partial charge < -0.3 is 29.7 Å². The summed E-state index contributed by atoms with van der Waals surface area (Å²) in [5.41, 5.74) is 0. The van der Waals surface area contributed by atoms with Crippen molar-refractivity contribution in [3.05, 3.63) is 0 Å². The molecule has 1 amide bonds. The van der Waals surface area contributed by atoms with Gasteiger partial charge in [0.05, 0.1) is 44.0 Å². The third kappa shape index (κ3) is 8.33. The van der Waals surface area contributed by atoms with E-state index in [4.69, 9.17) is 9.47 Å². The second kappa shape index (κ2) is 15.3. The highest BCUT2D eigenvalue weighted by Gasteiger charge is 2.41. The molecular formula is C33H61N7O4. The molecule has 0 radical (unpaired) electrons. The summed E-state index contributed by atoms with van der Waals surface area (Å²) >= 11 is 0. The third-order valence-electron chi connectivity index (χ3n) is 12.0. The largest absolute Gasteiger partial charge is 0.390 e. The molecular weight excluding hydrogens is 558 g/mol. The van der Waals surface area contributed by atoms with E-state index in [-0.39, 0.29) is 30.3 Å². The van der Waals surface area contributed by atoms with E-state index in [0.717, 1.165) is 65.0 Å². The van der Waals surface area contributed by atoms with E-state index >= 15 is 0 Å². The lowest BCUT2D eigenvalue weighted by molar-refractivity contribution is -0.128. The van der Waals surface area contributed by atoms with Crippen LogP contribution in [0.2, 0.25) is 0 Å². The van der Waals surface area contributed by atoms with E-state index in [1.165, 1.54) is 25.7 Å². The minimum absolute atomic E-state index is 0.0416. The quantitative estimate of drug-likeness (QED) is 0.225. The standard InChI is InChI=1S/C33H61N7O4/c1-22-28-9-10-39(18-24(28)7-8-29(22)43-20-30-23(2)35-21-44-30)19-27(41)17-34-33(42)25-15-31(36-26-5-4-6-26)37-32(16-25)40-13-11-38(3)12-14-40/h22-32,35-37,41H,4-21H2,1-3H3,(H,34,42)/t22?,23?,24?,25?,27-,28?,29?,30?,31?,32?/m0/s1. The predicted molar refractivity (Wildman–Crippen MR) is 171 cm³/mol. The van der Waals surface area contributed by atoms with Crippen molar-refractivity contribution in [3.63, 3.8) is 0 Å². The number of carbonyl (C=O) groups is 1. The van der Waals surface area contributed by atoms with E-state index < -0.39 is 6.10 Å². The number of piperidine rings is 2.